The summed E-state index contributed by atoms with van der Waals surface area (Å²) in [6.07, 6.45) is 4.13. The van der Waals surface area contributed by atoms with E-state index in [0.717, 1.165) is 32.5 Å². The Morgan fingerprint density at radius 2 is 2.18 bits per heavy atom. The van der Waals surface area contributed by atoms with Crippen LogP contribution < -0.4 is 10.6 Å². The summed E-state index contributed by atoms with van der Waals surface area (Å²) in [4.78, 5) is 12.3. The summed E-state index contributed by atoms with van der Waals surface area (Å²) in [6, 6.07) is 0. The second-order valence-electron chi connectivity index (χ2n) is 5.33. The number of hydrogen-bond acceptors (Lipinski definition) is 3. The van der Waals surface area contributed by atoms with E-state index in [2.05, 4.69) is 37.7 Å². The Balaban J connectivity index is 2.44. The third-order valence-electron chi connectivity index (χ3n) is 3.98. The smallest absolute Gasteiger partial charge is 0.227 e. The maximum atomic E-state index is 12.3. The first-order valence-electron chi connectivity index (χ1n) is 6.54. The lowest BCUT2D eigenvalue weighted by molar-refractivity contribution is -0.132. The molecule has 0 saturated carbocycles. The summed E-state index contributed by atoms with van der Waals surface area (Å²) >= 11 is 1.85. The first-order chi connectivity index (χ1) is 8.03. The van der Waals surface area contributed by atoms with Crippen LogP contribution in [0, 0.1) is 11.3 Å². The molecule has 1 amide bonds. The van der Waals surface area contributed by atoms with Gasteiger partial charge in [-0.25, -0.2) is 0 Å². The molecule has 1 aliphatic rings. The van der Waals surface area contributed by atoms with Crippen molar-refractivity contribution in [2.45, 2.75) is 38.9 Å². The number of hydrogen-bond donors (Lipinski definition) is 2. The van der Waals surface area contributed by atoms with Crippen molar-refractivity contribution in [3.05, 3.63) is 0 Å². The van der Waals surface area contributed by atoms with Gasteiger partial charge in [-0.2, -0.15) is 11.8 Å². The van der Waals surface area contributed by atoms with Crippen molar-refractivity contribution in [1.82, 2.24) is 10.6 Å². The lowest BCUT2D eigenvalue weighted by Crippen LogP contribution is -2.46. The second-order valence-corrected chi connectivity index (χ2v) is 6.60. The summed E-state index contributed by atoms with van der Waals surface area (Å²) in [5.74, 6) is 0.640. The normalized spacial score (nSPS) is 26.2. The number of amides is 1. The topological polar surface area (TPSA) is 41.1 Å². The van der Waals surface area contributed by atoms with Gasteiger partial charge in [-0.3, -0.25) is 4.79 Å². The zero-order chi connectivity index (χ0) is 12.9. The summed E-state index contributed by atoms with van der Waals surface area (Å²) < 4.78 is 0. The molecule has 2 atom stereocenters. The predicted molar refractivity (Wildman–Crippen MR) is 75.4 cm³/mol. The van der Waals surface area contributed by atoms with E-state index in [1.165, 1.54) is 0 Å². The van der Waals surface area contributed by atoms with Gasteiger partial charge in [0.05, 0.1) is 5.41 Å². The average molecular weight is 258 g/mol. The molecule has 100 valence electrons. The van der Waals surface area contributed by atoms with Crippen LogP contribution in [0.1, 0.15) is 33.6 Å². The van der Waals surface area contributed by atoms with Crippen LogP contribution in [0.15, 0.2) is 0 Å². The van der Waals surface area contributed by atoms with Crippen molar-refractivity contribution in [2.75, 3.05) is 25.9 Å². The van der Waals surface area contributed by atoms with Crippen LogP contribution in [0.25, 0.3) is 0 Å². The molecule has 2 unspecified atom stereocenters. The predicted octanol–water partition coefficient (Wildman–Crippen LogP) is 1.88. The zero-order valence-electron chi connectivity index (χ0n) is 11.5. The molecule has 0 radical (unpaired) electrons. The monoisotopic (exact) mass is 258 g/mol. The Kier molecular flexibility index (Phi) is 5.80. The fourth-order valence-electron chi connectivity index (χ4n) is 2.34. The van der Waals surface area contributed by atoms with Gasteiger partial charge in [0.25, 0.3) is 0 Å². The maximum Gasteiger partial charge on any atom is 0.227 e. The molecule has 0 aliphatic carbocycles. The van der Waals surface area contributed by atoms with Gasteiger partial charge in [-0.05, 0) is 31.6 Å². The number of carbonyl (C=O) groups is 1. The van der Waals surface area contributed by atoms with Gasteiger partial charge in [-0.1, -0.05) is 20.8 Å². The van der Waals surface area contributed by atoms with Gasteiger partial charge >= 0.3 is 0 Å². The van der Waals surface area contributed by atoms with E-state index >= 15 is 0 Å². The summed E-state index contributed by atoms with van der Waals surface area (Å²) in [5, 5.41) is 7.06. The van der Waals surface area contributed by atoms with E-state index < -0.39 is 0 Å². The van der Waals surface area contributed by atoms with Crippen LogP contribution in [0.2, 0.25) is 0 Å². The lowest BCUT2D eigenvalue weighted by Gasteiger charge is -2.31. The minimum Gasteiger partial charge on any atom is -0.356 e. The van der Waals surface area contributed by atoms with Crippen molar-refractivity contribution in [1.29, 1.82) is 0 Å². The van der Waals surface area contributed by atoms with Crippen molar-refractivity contribution in [2.24, 2.45) is 11.3 Å². The molecule has 2 N–H and O–H groups in total. The highest BCUT2D eigenvalue weighted by atomic mass is 32.2. The maximum absolute atomic E-state index is 12.3. The molecule has 0 spiro atoms. The Bertz CT molecular complexity index is 250. The van der Waals surface area contributed by atoms with Gasteiger partial charge in [-0.15, -0.1) is 0 Å². The van der Waals surface area contributed by atoms with Crippen LogP contribution in [-0.4, -0.2) is 37.0 Å². The van der Waals surface area contributed by atoms with Gasteiger partial charge in [0.15, 0.2) is 0 Å². The minimum atomic E-state index is -0.178. The highest BCUT2D eigenvalue weighted by molar-refractivity contribution is 7.99. The first kappa shape index (κ1) is 14.8. The summed E-state index contributed by atoms with van der Waals surface area (Å²) in [7, 11) is 0. The molecule has 1 aliphatic heterocycles. The number of rotatable bonds is 6. The third kappa shape index (κ3) is 3.62. The molecule has 0 aromatic rings. The second kappa shape index (κ2) is 6.64. The molecular weight excluding hydrogens is 232 g/mol. The van der Waals surface area contributed by atoms with Crippen LogP contribution in [0.5, 0.6) is 0 Å². The highest BCUT2D eigenvalue weighted by Crippen LogP contribution is 2.34. The van der Waals surface area contributed by atoms with Crippen molar-refractivity contribution in [3.63, 3.8) is 0 Å². The molecular formula is C13H26N2OS. The van der Waals surface area contributed by atoms with E-state index in [1.807, 2.05) is 11.8 Å². The lowest BCUT2D eigenvalue weighted by atomic mass is 9.75. The fourth-order valence-corrected chi connectivity index (χ4v) is 2.70. The molecule has 1 heterocycles. The fraction of sp³-hybridized carbons (Fsp3) is 0.923. The van der Waals surface area contributed by atoms with E-state index in [1.54, 1.807) is 0 Å². The van der Waals surface area contributed by atoms with Crippen LogP contribution in [0.3, 0.4) is 0 Å². The Hall–Kier alpha value is -0.220. The van der Waals surface area contributed by atoms with Crippen LogP contribution >= 0.6 is 11.8 Å². The molecule has 0 aromatic carbocycles. The van der Waals surface area contributed by atoms with Crippen LogP contribution in [-0.2, 0) is 4.79 Å². The van der Waals surface area contributed by atoms with E-state index in [-0.39, 0.29) is 11.3 Å². The van der Waals surface area contributed by atoms with Crippen molar-refractivity contribution in [3.8, 4) is 0 Å². The Labute approximate surface area is 109 Å². The third-order valence-corrected chi connectivity index (χ3v) is 5.02. The molecule has 0 aromatic heterocycles. The van der Waals surface area contributed by atoms with E-state index in [4.69, 9.17) is 0 Å². The SMILES string of the molecule is CSC(C)CCNC(=O)C1(C(C)C)CCNC1. The molecule has 1 saturated heterocycles. The van der Waals surface area contributed by atoms with Gasteiger partial charge in [0.1, 0.15) is 0 Å². The van der Waals surface area contributed by atoms with Crippen molar-refractivity contribution >= 4 is 17.7 Å². The van der Waals surface area contributed by atoms with Gasteiger partial charge < -0.3 is 10.6 Å². The Morgan fingerprint density at radius 1 is 1.47 bits per heavy atom. The molecule has 0 bridgehead atoms. The van der Waals surface area contributed by atoms with E-state index in [0.29, 0.717) is 11.2 Å². The zero-order valence-corrected chi connectivity index (χ0v) is 12.3. The quantitative estimate of drug-likeness (QED) is 0.764. The van der Waals surface area contributed by atoms with Crippen molar-refractivity contribution < 1.29 is 4.79 Å². The highest BCUT2D eigenvalue weighted by Gasteiger charge is 2.43. The number of carbonyl (C=O) groups excluding carboxylic acids is 1. The van der Waals surface area contributed by atoms with Gasteiger partial charge in [0, 0.05) is 18.3 Å². The Morgan fingerprint density at radius 3 is 2.65 bits per heavy atom. The largest absolute Gasteiger partial charge is 0.356 e. The van der Waals surface area contributed by atoms with Gasteiger partial charge in [0.2, 0.25) is 5.91 Å². The number of thioether (sulfide) groups is 1. The molecule has 1 rings (SSSR count). The summed E-state index contributed by atoms with van der Waals surface area (Å²) in [6.45, 7) is 9.09. The molecule has 17 heavy (non-hydrogen) atoms. The van der Waals surface area contributed by atoms with Crippen LogP contribution in [0.4, 0.5) is 0 Å². The number of nitrogens with one attached hydrogen (secondary N) is 2. The molecule has 4 heteroatoms. The average Bonchev–Trinajstić information content (AvgIpc) is 2.78. The summed E-state index contributed by atoms with van der Waals surface area (Å²) in [5.41, 5.74) is -0.178. The molecule has 1 fully saturated rings. The molecule has 3 nitrogen and oxygen atoms in total. The standard InChI is InChI=1S/C13H26N2OS/c1-10(2)13(6-8-14-9-13)12(16)15-7-5-11(3)17-4/h10-11,14H,5-9H2,1-4H3,(H,15,16). The van der Waals surface area contributed by atoms with E-state index in [9.17, 15) is 4.79 Å². The first-order valence-corrected chi connectivity index (χ1v) is 7.83. The minimum absolute atomic E-state index is 0.178.